The number of thioether (sulfide) groups is 1. The molecule has 1 heterocycles. The molecule has 0 bridgehead atoms. The summed E-state index contributed by atoms with van der Waals surface area (Å²) in [7, 11) is 1.85. The summed E-state index contributed by atoms with van der Waals surface area (Å²) >= 11 is 1.77. The molecule has 3 aromatic carbocycles. The second-order valence-electron chi connectivity index (χ2n) is 8.14. The van der Waals surface area contributed by atoms with E-state index in [0.29, 0.717) is 17.6 Å². The third-order valence-electron chi connectivity index (χ3n) is 5.62. The van der Waals surface area contributed by atoms with Gasteiger partial charge in [0.2, 0.25) is 5.91 Å². The first-order chi connectivity index (χ1) is 15.9. The molecule has 4 rings (SSSR count). The van der Waals surface area contributed by atoms with Crippen molar-refractivity contribution >= 4 is 35.0 Å². The maximum Gasteiger partial charge on any atom is 0.337 e. The molecule has 2 unspecified atom stereocenters. The van der Waals surface area contributed by atoms with Gasteiger partial charge >= 0.3 is 5.97 Å². The van der Waals surface area contributed by atoms with Gasteiger partial charge in [-0.2, -0.15) is 0 Å². The van der Waals surface area contributed by atoms with Crippen LogP contribution in [0.25, 0.3) is 11.1 Å². The third-order valence-corrected chi connectivity index (χ3v) is 6.79. The standard InChI is InChI=1S/C26H27N3O3S/c1-17-27-24(16-33-17)25(30)29(2)15-18-6-5-7-20(14-18)19-10-12-21(13-11-19)28-23-9-4-3-8-22(23)26(31)32/h3-14,17,24,27-28H,15-16H2,1-2H3,(H,31,32). The van der Waals surface area contributed by atoms with Crippen LogP contribution in [0.15, 0.2) is 72.8 Å². The molecule has 0 saturated carbocycles. The van der Waals surface area contributed by atoms with Gasteiger partial charge < -0.3 is 15.3 Å². The van der Waals surface area contributed by atoms with E-state index >= 15 is 0 Å². The largest absolute Gasteiger partial charge is 0.478 e. The number of benzene rings is 3. The summed E-state index contributed by atoms with van der Waals surface area (Å²) in [6.45, 7) is 2.63. The molecule has 1 amide bonds. The lowest BCUT2D eigenvalue weighted by Crippen LogP contribution is -2.44. The first-order valence-corrected chi connectivity index (χ1v) is 11.9. The number of hydrogen-bond acceptors (Lipinski definition) is 5. The minimum absolute atomic E-state index is 0.120. The number of rotatable bonds is 7. The van der Waals surface area contributed by atoms with Gasteiger partial charge in [-0.05, 0) is 53.9 Å². The van der Waals surface area contributed by atoms with E-state index in [0.717, 1.165) is 28.1 Å². The highest BCUT2D eigenvalue weighted by Gasteiger charge is 2.29. The van der Waals surface area contributed by atoms with E-state index in [9.17, 15) is 14.7 Å². The smallest absolute Gasteiger partial charge is 0.337 e. The minimum atomic E-state index is -0.966. The van der Waals surface area contributed by atoms with Crippen LogP contribution in [0.1, 0.15) is 22.8 Å². The Labute approximate surface area is 198 Å². The highest BCUT2D eigenvalue weighted by atomic mass is 32.2. The highest BCUT2D eigenvalue weighted by molar-refractivity contribution is 8.00. The average Bonchev–Trinajstić information content (AvgIpc) is 3.25. The molecule has 0 radical (unpaired) electrons. The van der Waals surface area contributed by atoms with Crippen molar-refractivity contribution in [1.82, 2.24) is 10.2 Å². The molecule has 0 aromatic heterocycles. The number of amides is 1. The number of para-hydroxylation sites is 1. The molecular formula is C26H27N3O3S. The van der Waals surface area contributed by atoms with Gasteiger partial charge in [0, 0.05) is 25.0 Å². The maximum absolute atomic E-state index is 12.7. The Hall–Kier alpha value is -3.29. The van der Waals surface area contributed by atoms with Gasteiger partial charge in [-0.25, -0.2) is 4.79 Å². The Kier molecular flexibility index (Phi) is 7.01. The minimum Gasteiger partial charge on any atom is -0.478 e. The van der Waals surface area contributed by atoms with Crippen LogP contribution >= 0.6 is 11.8 Å². The lowest BCUT2D eigenvalue weighted by molar-refractivity contribution is -0.132. The van der Waals surface area contributed by atoms with Gasteiger partial charge in [-0.3, -0.25) is 10.1 Å². The zero-order valence-electron chi connectivity index (χ0n) is 18.6. The van der Waals surface area contributed by atoms with Crippen LogP contribution in [0.2, 0.25) is 0 Å². The Morgan fingerprint density at radius 1 is 1.06 bits per heavy atom. The predicted molar refractivity (Wildman–Crippen MR) is 134 cm³/mol. The lowest BCUT2D eigenvalue weighted by Gasteiger charge is -2.21. The second-order valence-corrected chi connectivity index (χ2v) is 9.52. The first kappa shape index (κ1) is 22.9. The fraction of sp³-hybridized carbons (Fsp3) is 0.231. The molecule has 7 heteroatoms. The molecule has 0 spiro atoms. The monoisotopic (exact) mass is 461 g/mol. The normalized spacial score (nSPS) is 17.5. The Morgan fingerprint density at radius 3 is 2.52 bits per heavy atom. The molecule has 3 aromatic rings. The van der Waals surface area contributed by atoms with Gasteiger partial charge in [0.15, 0.2) is 0 Å². The molecule has 3 N–H and O–H groups in total. The topological polar surface area (TPSA) is 81.7 Å². The molecule has 2 atom stereocenters. The molecule has 170 valence electrons. The second kappa shape index (κ2) is 10.1. The Bertz CT molecular complexity index is 1150. The Balaban J connectivity index is 1.44. The van der Waals surface area contributed by atoms with E-state index < -0.39 is 5.97 Å². The van der Waals surface area contributed by atoms with Crippen LogP contribution < -0.4 is 10.6 Å². The van der Waals surface area contributed by atoms with Crippen molar-refractivity contribution in [2.24, 2.45) is 0 Å². The number of carbonyl (C=O) groups is 2. The van der Waals surface area contributed by atoms with E-state index in [4.69, 9.17) is 0 Å². The predicted octanol–water partition coefficient (Wildman–Crippen LogP) is 4.80. The summed E-state index contributed by atoms with van der Waals surface area (Å²) < 4.78 is 0. The summed E-state index contributed by atoms with van der Waals surface area (Å²) in [5, 5.41) is 16.2. The number of carboxylic acid groups (broad SMARTS) is 1. The number of likely N-dealkylation sites (N-methyl/N-ethyl adjacent to an activating group) is 1. The molecule has 1 fully saturated rings. The van der Waals surface area contributed by atoms with Crippen LogP contribution in [0, 0.1) is 0 Å². The van der Waals surface area contributed by atoms with Gasteiger partial charge in [0.25, 0.3) is 0 Å². The van der Waals surface area contributed by atoms with Crippen molar-refractivity contribution in [3.05, 3.63) is 83.9 Å². The summed E-state index contributed by atoms with van der Waals surface area (Å²) in [5.74, 6) is -0.0388. The lowest BCUT2D eigenvalue weighted by atomic mass is 10.0. The van der Waals surface area contributed by atoms with E-state index in [1.54, 1.807) is 40.9 Å². The van der Waals surface area contributed by atoms with Crippen LogP contribution in [-0.2, 0) is 11.3 Å². The highest BCUT2D eigenvalue weighted by Crippen LogP contribution is 2.26. The van der Waals surface area contributed by atoms with Crippen molar-refractivity contribution < 1.29 is 14.7 Å². The molecule has 6 nitrogen and oxygen atoms in total. The zero-order chi connectivity index (χ0) is 23.4. The zero-order valence-corrected chi connectivity index (χ0v) is 19.4. The van der Waals surface area contributed by atoms with Crippen LogP contribution in [0.3, 0.4) is 0 Å². The number of aromatic carboxylic acids is 1. The van der Waals surface area contributed by atoms with Crippen LogP contribution in [0.4, 0.5) is 11.4 Å². The number of carbonyl (C=O) groups excluding carboxylic acids is 1. The molecular weight excluding hydrogens is 434 g/mol. The first-order valence-electron chi connectivity index (χ1n) is 10.8. The number of carboxylic acids is 1. The van der Waals surface area contributed by atoms with Crippen molar-refractivity contribution in [3.8, 4) is 11.1 Å². The summed E-state index contributed by atoms with van der Waals surface area (Å²) in [4.78, 5) is 25.9. The summed E-state index contributed by atoms with van der Waals surface area (Å²) in [6, 6.07) is 22.8. The molecule has 1 aliphatic heterocycles. The van der Waals surface area contributed by atoms with Crippen LogP contribution in [0.5, 0.6) is 0 Å². The van der Waals surface area contributed by atoms with Gasteiger partial charge in [-0.1, -0.05) is 42.5 Å². The number of nitrogens with zero attached hydrogens (tertiary/aromatic N) is 1. The molecule has 33 heavy (non-hydrogen) atoms. The van der Waals surface area contributed by atoms with Crippen LogP contribution in [-0.4, -0.2) is 46.1 Å². The summed E-state index contributed by atoms with van der Waals surface area (Å²) in [5.41, 5.74) is 4.77. The maximum atomic E-state index is 12.7. The SMILES string of the molecule is CC1NC(C(=O)N(C)Cc2cccc(-c3ccc(Nc4ccccc4C(=O)O)cc3)c2)CS1. The number of nitrogens with one attached hydrogen (secondary N) is 2. The van der Waals surface area contributed by atoms with Crippen molar-refractivity contribution in [2.75, 3.05) is 18.1 Å². The quantitative estimate of drug-likeness (QED) is 0.469. The number of hydrogen-bond donors (Lipinski definition) is 3. The third kappa shape index (κ3) is 5.56. The number of anilines is 2. The Morgan fingerprint density at radius 2 is 1.82 bits per heavy atom. The van der Waals surface area contributed by atoms with E-state index in [1.165, 1.54) is 0 Å². The average molecular weight is 462 g/mol. The fourth-order valence-electron chi connectivity index (χ4n) is 3.91. The van der Waals surface area contributed by atoms with Gasteiger partial charge in [-0.15, -0.1) is 11.8 Å². The molecule has 1 aliphatic rings. The van der Waals surface area contributed by atoms with Crippen molar-refractivity contribution in [3.63, 3.8) is 0 Å². The van der Waals surface area contributed by atoms with Gasteiger partial charge in [0.05, 0.1) is 22.7 Å². The van der Waals surface area contributed by atoms with E-state index in [1.807, 2.05) is 49.5 Å². The van der Waals surface area contributed by atoms with E-state index in [2.05, 4.69) is 23.6 Å². The van der Waals surface area contributed by atoms with Crippen molar-refractivity contribution in [2.45, 2.75) is 24.9 Å². The molecule has 1 saturated heterocycles. The molecule has 0 aliphatic carbocycles. The van der Waals surface area contributed by atoms with E-state index in [-0.39, 0.29) is 17.5 Å². The van der Waals surface area contributed by atoms with Gasteiger partial charge in [0.1, 0.15) is 0 Å². The fourth-order valence-corrected chi connectivity index (χ4v) is 4.89. The summed E-state index contributed by atoms with van der Waals surface area (Å²) in [6.07, 6.45) is 0. The van der Waals surface area contributed by atoms with Crippen molar-refractivity contribution in [1.29, 1.82) is 0 Å².